The number of halogens is 1. The number of para-hydroxylation sites is 1. The molecule has 150 valence electrons. The van der Waals surface area contributed by atoms with Crippen LogP contribution in [0.2, 0.25) is 5.02 Å². The lowest BCUT2D eigenvalue weighted by Gasteiger charge is -2.21. The molecule has 0 saturated carbocycles. The fourth-order valence-corrected chi connectivity index (χ4v) is 4.39. The average molecular weight is 435 g/mol. The smallest absolute Gasteiger partial charge is 0.279 e. The Bertz CT molecular complexity index is 1100. The molecule has 0 radical (unpaired) electrons. The van der Waals surface area contributed by atoms with Crippen molar-refractivity contribution in [2.24, 2.45) is 0 Å². The summed E-state index contributed by atoms with van der Waals surface area (Å²) in [5, 5.41) is 0.620. The van der Waals surface area contributed by atoms with Gasteiger partial charge in [0.15, 0.2) is 0 Å². The number of benzene rings is 3. The zero-order chi connectivity index (χ0) is 21.1. The van der Waals surface area contributed by atoms with E-state index >= 15 is 0 Å². The molecule has 0 aliphatic carbocycles. The Kier molecular flexibility index (Phi) is 5.93. The monoisotopic (exact) mass is 434 g/mol. The van der Waals surface area contributed by atoms with Crippen LogP contribution in [-0.4, -0.2) is 23.8 Å². The predicted octanol–water partition coefficient (Wildman–Crippen LogP) is 5.35. The summed E-state index contributed by atoms with van der Waals surface area (Å²) in [5.74, 6) is -0.590. The molecular formula is C24H19ClN2O2S. The average Bonchev–Trinajstić information content (AvgIpc) is 3.00. The topological polar surface area (TPSA) is 40.6 Å². The Morgan fingerprint density at radius 2 is 1.43 bits per heavy atom. The van der Waals surface area contributed by atoms with Crippen LogP contribution in [0.1, 0.15) is 5.56 Å². The number of hydrogen-bond acceptors (Lipinski definition) is 4. The van der Waals surface area contributed by atoms with Gasteiger partial charge in [0.2, 0.25) is 0 Å². The van der Waals surface area contributed by atoms with Crippen molar-refractivity contribution >= 4 is 40.9 Å². The first-order valence-corrected chi connectivity index (χ1v) is 10.6. The van der Waals surface area contributed by atoms with Gasteiger partial charge in [-0.25, -0.2) is 0 Å². The van der Waals surface area contributed by atoms with Crippen molar-refractivity contribution in [3.05, 3.63) is 106 Å². The lowest BCUT2D eigenvalue weighted by molar-refractivity contribution is -0.138. The normalized spacial score (nSPS) is 13.9. The minimum atomic E-state index is -0.299. The molecule has 6 heteroatoms. The van der Waals surface area contributed by atoms with Crippen LogP contribution in [0.15, 0.2) is 100 Å². The van der Waals surface area contributed by atoms with E-state index < -0.39 is 0 Å². The van der Waals surface area contributed by atoms with Crippen molar-refractivity contribution in [3.63, 3.8) is 0 Å². The molecule has 0 bridgehead atoms. The number of hydrogen-bond donors (Lipinski definition) is 0. The summed E-state index contributed by atoms with van der Waals surface area (Å²) in [6.45, 7) is 0.231. The Balaban J connectivity index is 1.72. The van der Waals surface area contributed by atoms with Crippen LogP contribution in [-0.2, 0) is 16.1 Å². The summed E-state index contributed by atoms with van der Waals surface area (Å²) in [7, 11) is 1.81. The van der Waals surface area contributed by atoms with Crippen LogP contribution in [0.4, 0.5) is 5.69 Å². The molecule has 0 atom stereocenters. The molecule has 3 aromatic rings. The second kappa shape index (κ2) is 8.78. The Hall–Kier alpha value is -3.02. The molecule has 0 saturated heterocycles. The summed E-state index contributed by atoms with van der Waals surface area (Å²) >= 11 is 7.28. The molecule has 4 nitrogen and oxygen atoms in total. The highest BCUT2D eigenvalue weighted by molar-refractivity contribution is 8.04. The number of rotatable bonds is 6. The lowest BCUT2D eigenvalue weighted by atomic mass is 10.2. The minimum Gasteiger partial charge on any atom is -0.339 e. The van der Waals surface area contributed by atoms with E-state index in [0.29, 0.717) is 15.6 Å². The van der Waals surface area contributed by atoms with Gasteiger partial charge in [0, 0.05) is 22.7 Å². The number of carbonyl (C=O) groups is 2. The van der Waals surface area contributed by atoms with E-state index in [1.165, 1.54) is 16.7 Å². The van der Waals surface area contributed by atoms with Gasteiger partial charge in [-0.05, 0) is 42.0 Å². The third-order valence-electron chi connectivity index (χ3n) is 4.80. The highest BCUT2D eigenvalue weighted by Gasteiger charge is 2.41. The molecule has 1 heterocycles. The van der Waals surface area contributed by atoms with Gasteiger partial charge in [-0.2, -0.15) is 0 Å². The fourth-order valence-electron chi connectivity index (χ4n) is 3.24. The summed E-state index contributed by atoms with van der Waals surface area (Å²) in [6.07, 6.45) is 0. The van der Waals surface area contributed by atoms with E-state index in [1.807, 2.05) is 79.8 Å². The largest absolute Gasteiger partial charge is 0.339 e. The third-order valence-corrected chi connectivity index (χ3v) is 6.13. The van der Waals surface area contributed by atoms with Gasteiger partial charge in [-0.3, -0.25) is 14.5 Å². The van der Waals surface area contributed by atoms with Gasteiger partial charge in [0.25, 0.3) is 11.8 Å². The minimum absolute atomic E-state index is 0.231. The molecule has 3 aromatic carbocycles. The quantitative estimate of drug-likeness (QED) is 0.490. The van der Waals surface area contributed by atoms with Crippen molar-refractivity contribution < 1.29 is 9.59 Å². The molecule has 0 aromatic heterocycles. The second-order valence-electron chi connectivity index (χ2n) is 6.81. The number of amides is 2. The van der Waals surface area contributed by atoms with Gasteiger partial charge in [0.05, 0.1) is 6.54 Å². The van der Waals surface area contributed by atoms with Gasteiger partial charge >= 0.3 is 0 Å². The second-order valence-corrected chi connectivity index (χ2v) is 8.33. The molecule has 0 spiro atoms. The van der Waals surface area contributed by atoms with Gasteiger partial charge in [0.1, 0.15) is 10.6 Å². The zero-order valence-electron chi connectivity index (χ0n) is 16.3. The number of thioether (sulfide) groups is 1. The summed E-state index contributed by atoms with van der Waals surface area (Å²) < 4.78 is 0. The Morgan fingerprint density at radius 1 is 0.833 bits per heavy atom. The molecule has 0 N–H and O–H groups in total. The van der Waals surface area contributed by atoms with Crippen LogP contribution in [0.25, 0.3) is 0 Å². The molecular weight excluding hydrogens is 416 g/mol. The van der Waals surface area contributed by atoms with Crippen molar-refractivity contribution in [1.82, 2.24) is 4.90 Å². The highest BCUT2D eigenvalue weighted by Crippen LogP contribution is 2.38. The van der Waals surface area contributed by atoms with E-state index in [4.69, 9.17) is 11.6 Å². The maximum absolute atomic E-state index is 13.4. The van der Waals surface area contributed by atoms with E-state index in [0.717, 1.165) is 16.1 Å². The van der Waals surface area contributed by atoms with Crippen LogP contribution in [0.5, 0.6) is 0 Å². The maximum atomic E-state index is 13.4. The predicted molar refractivity (Wildman–Crippen MR) is 121 cm³/mol. The highest BCUT2D eigenvalue weighted by atomic mass is 35.5. The first kappa shape index (κ1) is 20.3. The fraction of sp³-hybridized carbons (Fsp3) is 0.0833. The molecule has 4 rings (SSSR count). The van der Waals surface area contributed by atoms with Crippen molar-refractivity contribution in [2.45, 2.75) is 11.4 Å². The van der Waals surface area contributed by atoms with Crippen LogP contribution < -0.4 is 4.90 Å². The number of anilines is 1. The summed E-state index contributed by atoms with van der Waals surface area (Å²) in [5.41, 5.74) is 2.12. The number of nitrogens with zero attached hydrogens (tertiary/aromatic N) is 2. The molecule has 0 fully saturated rings. The van der Waals surface area contributed by atoms with Crippen molar-refractivity contribution in [1.29, 1.82) is 0 Å². The van der Waals surface area contributed by atoms with E-state index in [-0.39, 0.29) is 18.4 Å². The maximum Gasteiger partial charge on any atom is 0.279 e. The van der Waals surface area contributed by atoms with Crippen molar-refractivity contribution in [2.75, 3.05) is 11.9 Å². The lowest BCUT2D eigenvalue weighted by Crippen LogP contribution is -2.33. The van der Waals surface area contributed by atoms with Gasteiger partial charge in [-0.1, -0.05) is 71.9 Å². The SMILES string of the molecule is CN(C1=C(Sc2ccc(Cl)cc2)C(=O)N(Cc2ccccc2)C1=O)c1ccccc1. The molecule has 2 amide bonds. The summed E-state index contributed by atoms with van der Waals surface area (Å²) in [6, 6.07) is 26.3. The van der Waals surface area contributed by atoms with E-state index in [2.05, 4.69) is 0 Å². The Labute approximate surface area is 184 Å². The van der Waals surface area contributed by atoms with Crippen molar-refractivity contribution in [3.8, 4) is 0 Å². The number of imide groups is 1. The number of likely N-dealkylation sites (N-methyl/N-ethyl adjacent to an activating group) is 1. The van der Waals surface area contributed by atoms with Crippen LogP contribution >= 0.6 is 23.4 Å². The molecule has 30 heavy (non-hydrogen) atoms. The van der Waals surface area contributed by atoms with Crippen LogP contribution in [0.3, 0.4) is 0 Å². The third kappa shape index (κ3) is 4.13. The molecule has 0 unspecified atom stereocenters. The first-order chi connectivity index (χ1) is 14.5. The van der Waals surface area contributed by atoms with E-state index in [9.17, 15) is 9.59 Å². The zero-order valence-corrected chi connectivity index (χ0v) is 17.9. The van der Waals surface area contributed by atoms with E-state index in [1.54, 1.807) is 17.0 Å². The Morgan fingerprint density at radius 3 is 2.07 bits per heavy atom. The van der Waals surface area contributed by atoms with Gasteiger partial charge < -0.3 is 4.90 Å². The standard InChI is InChI=1S/C24H19ClN2O2S/c1-26(19-10-6-3-7-11-19)21-22(30-20-14-12-18(25)13-15-20)24(29)27(23(21)28)16-17-8-4-2-5-9-17/h2-15H,16H2,1H3. The molecule has 1 aliphatic rings. The van der Waals surface area contributed by atoms with Crippen LogP contribution in [0, 0.1) is 0 Å². The van der Waals surface area contributed by atoms with Gasteiger partial charge in [-0.15, -0.1) is 0 Å². The molecule has 1 aliphatic heterocycles. The summed E-state index contributed by atoms with van der Waals surface area (Å²) in [4.78, 5) is 31.0. The number of carbonyl (C=O) groups excluding carboxylic acids is 2. The first-order valence-electron chi connectivity index (χ1n) is 9.41.